The molecule has 1 fully saturated rings. The van der Waals surface area contributed by atoms with Gasteiger partial charge in [-0.15, -0.1) is 0 Å². The van der Waals surface area contributed by atoms with Gasteiger partial charge in [0.15, 0.2) is 0 Å². The minimum absolute atomic E-state index is 0.507. The van der Waals surface area contributed by atoms with E-state index in [-0.39, 0.29) is 0 Å². The first-order chi connectivity index (χ1) is 8.34. The molecule has 0 bridgehead atoms. The Balaban J connectivity index is 1.69. The monoisotopic (exact) mass is 225 g/mol. The number of hydrogen-bond donors (Lipinski definition) is 1. The third-order valence-corrected chi connectivity index (χ3v) is 3.22. The summed E-state index contributed by atoms with van der Waals surface area (Å²) in [6.07, 6.45) is 4.64. The Kier molecular flexibility index (Phi) is 2.52. The van der Waals surface area contributed by atoms with Crippen LogP contribution in [0.3, 0.4) is 0 Å². The van der Waals surface area contributed by atoms with E-state index >= 15 is 0 Å². The first-order valence-corrected chi connectivity index (χ1v) is 5.93. The fraction of sp³-hybridized carbons (Fsp3) is 0.286. The van der Waals surface area contributed by atoms with Crippen molar-refractivity contribution in [2.24, 2.45) is 0 Å². The summed E-state index contributed by atoms with van der Waals surface area (Å²) >= 11 is 0. The number of nitrogens with zero attached hydrogens (tertiary/aromatic N) is 2. The average Bonchev–Trinajstić information content (AvgIpc) is 3.13. The summed E-state index contributed by atoms with van der Waals surface area (Å²) in [7, 11) is 0. The lowest BCUT2D eigenvalue weighted by molar-refractivity contribution is 1.00. The highest BCUT2D eigenvalue weighted by molar-refractivity contribution is 5.44. The van der Waals surface area contributed by atoms with Crippen LogP contribution in [-0.2, 0) is 0 Å². The minimum Gasteiger partial charge on any atom is -0.365 e. The van der Waals surface area contributed by atoms with Crippen LogP contribution in [0, 0.1) is 6.92 Å². The number of anilines is 1. The van der Waals surface area contributed by atoms with Gasteiger partial charge in [-0.2, -0.15) is 0 Å². The molecule has 1 aliphatic rings. The predicted octanol–water partition coefficient (Wildman–Crippen LogP) is 2.75. The molecule has 3 nitrogen and oxygen atoms in total. The van der Waals surface area contributed by atoms with Crippen LogP contribution in [0.15, 0.2) is 42.7 Å². The second-order valence-electron chi connectivity index (χ2n) is 4.49. The van der Waals surface area contributed by atoms with E-state index in [1.165, 1.54) is 12.0 Å². The Hall–Kier alpha value is -1.90. The Labute approximate surface area is 101 Å². The molecular formula is C14H15N3. The van der Waals surface area contributed by atoms with Gasteiger partial charge in [0.1, 0.15) is 5.82 Å². The van der Waals surface area contributed by atoms with Crippen molar-refractivity contribution in [1.29, 1.82) is 0 Å². The molecule has 1 saturated carbocycles. The van der Waals surface area contributed by atoms with Gasteiger partial charge in [-0.1, -0.05) is 30.3 Å². The smallest absolute Gasteiger partial charge is 0.147 e. The quantitative estimate of drug-likeness (QED) is 0.872. The number of rotatable bonds is 3. The Morgan fingerprint density at radius 1 is 1.12 bits per heavy atom. The highest BCUT2D eigenvalue weighted by atomic mass is 15.1. The van der Waals surface area contributed by atoms with Crippen LogP contribution in [0.4, 0.5) is 5.82 Å². The van der Waals surface area contributed by atoms with Crippen molar-refractivity contribution < 1.29 is 0 Å². The lowest BCUT2D eigenvalue weighted by Crippen LogP contribution is -2.07. The van der Waals surface area contributed by atoms with Gasteiger partial charge in [0.2, 0.25) is 0 Å². The van der Waals surface area contributed by atoms with Crippen molar-refractivity contribution in [1.82, 2.24) is 9.97 Å². The first kappa shape index (κ1) is 10.3. The number of aromatic nitrogens is 2. The van der Waals surface area contributed by atoms with Crippen LogP contribution >= 0.6 is 0 Å². The van der Waals surface area contributed by atoms with Crippen molar-refractivity contribution in [3.05, 3.63) is 54.0 Å². The zero-order valence-corrected chi connectivity index (χ0v) is 9.80. The first-order valence-electron chi connectivity index (χ1n) is 5.93. The summed E-state index contributed by atoms with van der Waals surface area (Å²) in [6, 6.07) is 11.1. The van der Waals surface area contributed by atoms with Crippen LogP contribution in [0.25, 0.3) is 0 Å². The van der Waals surface area contributed by atoms with Crippen molar-refractivity contribution in [3.8, 4) is 0 Å². The molecule has 1 N–H and O–H groups in total. The maximum absolute atomic E-state index is 4.31. The van der Waals surface area contributed by atoms with Gasteiger partial charge >= 0.3 is 0 Å². The Bertz CT molecular complexity index is 510. The van der Waals surface area contributed by atoms with Crippen molar-refractivity contribution in [3.63, 3.8) is 0 Å². The molecule has 2 unspecified atom stereocenters. The fourth-order valence-corrected chi connectivity index (χ4v) is 2.15. The van der Waals surface area contributed by atoms with Crippen molar-refractivity contribution >= 4 is 5.82 Å². The molecule has 2 atom stereocenters. The molecule has 17 heavy (non-hydrogen) atoms. The normalized spacial score (nSPS) is 22.2. The molecule has 1 aromatic carbocycles. The van der Waals surface area contributed by atoms with Crippen LogP contribution < -0.4 is 5.32 Å². The van der Waals surface area contributed by atoms with Crippen LogP contribution in [0.5, 0.6) is 0 Å². The molecule has 1 aliphatic carbocycles. The van der Waals surface area contributed by atoms with Crippen LogP contribution in [0.1, 0.15) is 23.6 Å². The fourth-order valence-electron chi connectivity index (χ4n) is 2.15. The molecule has 0 amide bonds. The summed E-state index contributed by atoms with van der Waals surface area (Å²) in [5.41, 5.74) is 2.37. The summed E-state index contributed by atoms with van der Waals surface area (Å²) in [6.45, 7) is 1.98. The molecule has 0 aliphatic heterocycles. The molecule has 1 heterocycles. The van der Waals surface area contributed by atoms with Crippen molar-refractivity contribution in [2.75, 3.05) is 5.32 Å². The van der Waals surface area contributed by atoms with Gasteiger partial charge in [-0.05, 0) is 18.9 Å². The standard InChI is InChI=1S/C14H15N3/c1-10-14(16-8-7-15-10)17-13-9-12(13)11-5-3-2-4-6-11/h2-8,12-13H,9H2,1H3,(H,16,17). The van der Waals surface area contributed by atoms with E-state index < -0.39 is 0 Å². The van der Waals surface area contributed by atoms with Gasteiger partial charge in [0, 0.05) is 24.4 Å². The largest absolute Gasteiger partial charge is 0.365 e. The lowest BCUT2D eigenvalue weighted by Gasteiger charge is -2.06. The number of hydrogen-bond acceptors (Lipinski definition) is 3. The number of aryl methyl sites for hydroxylation is 1. The van der Waals surface area contributed by atoms with E-state index in [0.717, 1.165) is 11.5 Å². The minimum atomic E-state index is 0.507. The second-order valence-corrected chi connectivity index (χ2v) is 4.49. The molecule has 1 aromatic heterocycles. The van der Waals surface area contributed by atoms with E-state index in [2.05, 4.69) is 45.6 Å². The molecule has 3 heteroatoms. The summed E-state index contributed by atoms with van der Waals surface area (Å²) in [4.78, 5) is 8.55. The van der Waals surface area contributed by atoms with Gasteiger partial charge in [0.25, 0.3) is 0 Å². The molecule has 0 saturated heterocycles. The van der Waals surface area contributed by atoms with Crippen molar-refractivity contribution in [2.45, 2.75) is 25.3 Å². The molecule has 2 aromatic rings. The Morgan fingerprint density at radius 2 is 1.88 bits per heavy atom. The van der Waals surface area contributed by atoms with Crippen LogP contribution in [0.2, 0.25) is 0 Å². The molecule has 0 spiro atoms. The second kappa shape index (κ2) is 4.17. The predicted molar refractivity (Wildman–Crippen MR) is 68.0 cm³/mol. The van der Waals surface area contributed by atoms with E-state index in [4.69, 9.17) is 0 Å². The zero-order valence-electron chi connectivity index (χ0n) is 9.80. The summed E-state index contributed by atoms with van der Waals surface area (Å²) in [5, 5.41) is 3.46. The zero-order chi connectivity index (χ0) is 11.7. The van der Waals surface area contributed by atoms with E-state index in [0.29, 0.717) is 12.0 Å². The lowest BCUT2D eigenvalue weighted by atomic mass is 10.1. The van der Waals surface area contributed by atoms with Gasteiger partial charge in [-0.25, -0.2) is 4.98 Å². The maximum atomic E-state index is 4.31. The SMILES string of the molecule is Cc1nccnc1NC1CC1c1ccccc1. The molecular weight excluding hydrogens is 210 g/mol. The topological polar surface area (TPSA) is 37.8 Å². The highest BCUT2D eigenvalue weighted by Gasteiger charge is 2.38. The van der Waals surface area contributed by atoms with E-state index in [1.807, 2.05) is 6.92 Å². The number of benzene rings is 1. The van der Waals surface area contributed by atoms with E-state index in [9.17, 15) is 0 Å². The van der Waals surface area contributed by atoms with Gasteiger partial charge in [0.05, 0.1) is 5.69 Å². The summed E-state index contributed by atoms with van der Waals surface area (Å²) < 4.78 is 0. The average molecular weight is 225 g/mol. The summed E-state index contributed by atoms with van der Waals surface area (Å²) in [5.74, 6) is 1.54. The van der Waals surface area contributed by atoms with E-state index in [1.54, 1.807) is 12.4 Å². The third kappa shape index (κ3) is 2.13. The molecule has 86 valence electrons. The van der Waals surface area contributed by atoms with Gasteiger partial charge < -0.3 is 5.32 Å². The van der Waals surface area contributed by atoms with Crippen LogP contribution in [-0.4, -0.2) is 16.0 Å². The molecule has 3 rings (SSSR count). The maximum Gasteiger partial charge on any atom is 0.147 e. The Morgan fingerprint density at radius 3 is 2.65 bits per heavy atom. The number of nitrogens with one attached hydrogen (secondary N) is 1. The third-order valence-electron chi connectivity index (χ3n) is 3.22. The molecule has 0 radical (unpaired) electrons. The van der Waals surface area contributed by atoms with Gasteiger partial charge in [-0.3, -0.25) is 4.98 Å². The highest BCUT2D eigenvalue weighted by Crippen LogP contribution is 2.42.